The highest BCUT2D eigenvalue weighted by atomic mass is 31.2. The van der Waals surface area contributed by atoms with Crippen LogP contribution >= 0.6 is 7.29 Å². The first-order chi connectivity index (χ1) is 8.51. The van der Waals surface area contributed by atoms with Crippen molar-refractivity contribution in [3.05, 3.63) is 42.1 Å². The molecule has 1 heterocycles. The highest BCUT2D eigenvalue weighted by molar-refractivity contribution is 7.70. The first-order valence-electron chi connectivity index (χ1n) is 6.64. The van der Waals surface area contributed by atoms with Crippen molar-refractivity contribution in [1.29, 1.82) is 0 Å². The Kier molecular flexibility index (Phi) is 3.68. The molecule has 0 N–H and O–H groups in total. The van der Waals surface area contributed by atoms with Gasteiger partial charge in [-0.25, -0.2) is 0 Å². The summed E-state index contributed by atoms with van der Waals surface area (Å²) in [5.74, 6) is 0. The van der Waals surface area contributed by atoms with E-state index >= 15 is 0 Å². The topological polar surface area (TPSA) is 20.3 Å². The van der Waals surface area contributed by atoms with Crippen LogP contribution in [0.25, 0.3) is 0 Å². The van der Waals surface area contributed by atoms with Crippen LogP contribution in [0.15, 0.2) is 42.1 Å². The smallest absolute Gasteiger partial charge is 0.207 e. The zero-order valence-corrected chi connectivity index (χ0v) is 12.5. The fraction of sp³-hybridized carbons (Fsp3) is 0.467. The van der Waals surface area contributed by atoms with E-state index in [1.807, 2.05) is 30.3 Å². The minimum atomic E-state index is -2.51. The summed E-state index contributed by atoms with van der Waals surface area (Å²) < 4.78 is 15.7. The predicted octanol–water partition coefficient (Wildman–Crippen LogP) is 4.00. The highest BCUT2D eigenvalue weighted by Crippen LogP contribution is 2.61. The molecule has 2 nitrogen and oxygen atoms in total. The molecule has 3 heteroatoms. The zero-order chi connectivity index (χ0) is 13.3. The van der Waals surface area contributed by atoms with Crippen LogP contribution in [-0.4, -0.2) is 16.4 Å². The van der Waals surface area contributed by atoms with Gasteiger partial charge < -0.3 is 4.67 Å². The summed E-state index contributed by atoms with van der Waals surface area (Å²) in [7, 11) is -2.51. The third kappa shape index (κ3) is 1.93. The van der Waals surface area contributed by atoms with Gasteiger partial charge >= 0.3 is 0 Å². The van der Waals surface area contributed by atoms with Crippen LogP contribution in [0.2, 0.25) is 0 Å². The van der Waals surface area contributed by atoms with E-state index < -0.39 is 7.29 Å². The van der Waals surface area contributed by atoms with Crippen LogP contribution in [0.5, 0.6) is 0 Å². The van der Waals surface area contributed by atoms with Crippen molar-refractivity contribution < 1.29 is 4.57 Å². The van der Waals surface area contributed by atoms with Gasteiger partial charge in [0, 0.05) is 17.5 Å². The van der Waals surface area contributed by atoms with Gasteiger partial charge in [-0.05, 0) is 44.9 Å². The van der Waals surface area contributed by atoms with Crippen molar-refractivity contribution in [2.24, 2.45) is 0 Å². The van der Waals surface area contributed by atoms with Gasteiger partial charge in [-0.1, -0.05) is 25.1 Å². The Balaban J connectivity index is 2.54. The summed E-state index contributed by atoms with van der Waals surface area (Å²) in [6, 6.07) is 10.2. The Morgan fingerprint density at radius 3 is 2.39 bits per heavy atom. The SMILES string of the molecule is CCC1C(C)=CN(C(C)C)P1(=O)c1ccccc1. The van der Waals surface area contributed by atoms with Crippen molar-refractivity contribution in [1.82, 2.24) is 4.67 Å². The normalized spacial score (nSPS) is 27.7. The van der Waals surface area contributed by atoms with Crippen molar-refractivity contribution >= 4 is 12.6 Å². The molecule has 0 saturated carbocycles. The Labute approximate surface area is 110 Å². The average molecular weight is 263 g/mol. The standard InChI is InChI=1S/C15H22NOP/c1-5-15-13(4)11-16(12(2)3)18(15,17)14-9-7-6-8-10-14/h6-12,15H,5H2,1-4H3. The summed E-state index contributed by atoms with van der Waals surface area (Å²) in [4.78, 5) is 0. The molecule has 18 heavy (non-hydrogen) atoms. The fourth-order valence-electron chi connectivity index (χ4n) is 2.83. The second kappa shape index (κ2) is 4.93. The Morgan fingerprint density at radius 2 is 1.89 bits per heavy atom. The molecule has 0 fully saturated rings. The van der Waals surface area contributed by atoms with Crippen molar-refractivity contribution in [2.75, 3.05) is 0 Å². The maximum atomic E-state index is 13.6. The summed E-state index contributed by atoms with van der Waals surface area (Å²) >= 11 is 0. The quantitative estimate of drug-likeness (QED) is 0.768. The molecule has 0 amide bonds. The molecule has 1 aromatic carbocycles. The Morgan fingerprint density at radius 1 is 1.28 bits per heavy atom. The van der Waals surface area contributed by atoms with Crippen LogP contribution < -0.4 is 5.30 Å². The van der Waals surface area contributed by atoms with Crippen LogP contribution in [0.3, 0.4) is 0 Å². The highest BCUT2D eigenvalue weighted by Gasteiger charge is 2.44. The number of hydrogen-bond acceptors (Lipinski definition) is 1. The Hall–Kier alpha value is -1.01. The second-order valence-corrected chi connectivity index (χ2v) is 8.08. The van der Waals surface area contributed by atoms with Crippen molar-refractivity contribution in [3.8, 4) is 0 Å². The van der Waals surface area contributed by atoms with E-state index in [2.05, 4.69) is 38.6 Å². The number of nitrogens with zero attached hydrogens (tertiary/aromatic N) is 1. The molecule has 0 radical (unpaired) electrons. The average Bonchev–Trinajstić information content (AvgIpc) is 2.63. The molecule has 1 aliphatic rings. The molecule has 98 valence electrons. The van der Waals surface area contributed by atoms with E-state index in [0.29, 0.717) is 0 Å². The van der Waals surface area contributed by atoms with Crippen LogP contribution in [-0.2, 0) is 4.57 Å². The molecule has 0 aliphatic carbocycles. The largest absolute Gasteiger partial charge is 0.323 e. The van der Waals surface area contributed by atoms with Gasteiger partial charge in [-0.2, -0.15) is 0 Å². The summed E-state index contributed by atoms with van der Waals surface area (Å²) in [5, 5.41) is 0.985. The van der Waals surface area contributed by atoms with E-state index in [1.165, 1.54) is 5.57 Å². The third-order valence-electron chi connectivity index (χ3n) is 3.67. The van der Waals surface area contributed by atoms with Gasteiger partial charge in [0.25, 0.3) is 0 Å². The molecule has 2 atom stereocenters. The van der Waals surface area contributed by atoms with E-state index in [1.54, 1.807) is 0 Å². The third-order valence-corrected chi connectivity index (χ3v) is 7.59. The van der Waals surface area contributed by atoms with Gasteiger partial charge in [-0.3, -0.25) is 4.57 Å². The molecule has 0 bridgehead atoms. The van der Waals surface area contributed by atoms with E-state index in [9.17, 15) is 4.57 Å². The lowest BCUT2D eigenvalue weighted by molar-refractivity contribution is 0.453. The fourth-order valence-corrected chi connectivity index (χ4v) is 6.54. The summed E-state index contributed by atoms with van der Waals surface area (Å²) in [5.41, 5.74) is 1.42. The van der Waals surface area contributed by atoms with Gasteiger partial charge in [0.2, 0.25) is 7.29 Å². The molecule has 0 aromatic heterocycles. The van der Waals surface area contributed by atoms with E-state index in [-0.39, 0.29) is 11.7 Å². The summed E-state index contributed by atoms with van der Waals surface area (Å²) in [6.07, 6.45) is 3.03. The number of hydrogen-bond donors (Lipinski definition) is 0. The van der Waals surface area contributed by atoms with Crippen molar-refractivity contribution in [2.45, 2.75) is 45.8 Å². The predicted molar refractivity (Wildman–Crippen MR) is 78.5 cm³/mol. The van der Waals surface area contributed by atoms with Gasteiger partial charge in [0.05, 0.1) is 5.66 Å². The first-order valence-corrected chi connectivity index (χ1v) is 8.37. The zero-order valence-electron chi connectivity index (χ0n) is 11.6. The minimum Gasteiger partial charge on any atom is -0.323 e. The van der Waals surface area contributed by atoms with Gasteiger partial charge in [0.1, 0.15) is 0 Å². The first kappa shape index (κ1) is 13.4. The lowest BCUT2D eigenvalue weighted by Crippen LogP contribution is -2.28. The molecule has 2 unspecified atom stereocenters. The van der Waals surface area contributed by atoms with Crippen LogP contribution in [0, 0.1) is 0 Å². The minimum absolute atomic E-state index is 0.169. The molecular weight excluding hydrogens is 241 g/mol. The van der Waals surface area contributed by atoms with Gasteiger partial charge in [0.15, 0.2) is 0 Å². The molecular formula is C15H22NOP. The maximum Gasteiger partial charge on any atom is 0.207 e. The molecule has 1 aromatic rings. The Bertz CT molecular complexity index is 492. The monoisotopic (exact) mass is 263 g/mol. The van der Waals surface area contributed by atoms with Gasteiger partial charge in [-0.15, -0.1) is 0 Å². The van der Waals surface area contributed by atoms with E-state index in [4.69, 9.17) is 0 Å². The summed E-state index contributed by atoms with van der Waals surface area (Å²) in [6.45, 7) is 8.45. The number of allylic oxidation sites excluding steroid dienone is 1. The lowest BCUT2D eigenvalue weighted by atomic mass is 10.2. The van der Waals surface area contributed by atoms with Crippen LogP contribution in [0.1, 0.15) is 34.1 Å². The molecule has 0 spiro atoms. The maximum absolute atomic E-state index is 13.6. The lowest BCUT2D eigenvalue weighted by Gasteiger charge is -2.33. The second-order valence-electron chi connectivity index (χ2n) is 5.23. The molecule has 1 aliphatic heterocycles. The van der Waals surface area contributed by atoms with Crippen LogP contribution in [0.4, 0.5) is 0 Å². The van der Waals surface area contributed by atoms with Crippen molar-refractivity contribution in [3.63, 3.8) is 0 Å². The van der Waals surface area contributed by atoms with E-state index in [0.717, 1.165) is 11.7 Å². The number of benzene rings is 1. The molecule has 0 saturated heterocycles. The molecule has 2 rings (SSSR count). The number of rotatable bonds is 3.